The summed E-state index contributed by atoms with van der Waals surface area (Å²) in [6, 6.07) is 16.6. The maximum absolute atomic E-state index is 12.4. The monoisotopic (exact) mass is 658 g/mol. The highest BCUT2D eigenvalue weighted by Gasteiger charge is 2.25. The molecular formula is C33H39IO6. The summed E-state index contributed by atoms with van der Waals surface area (Å²) in [6.45, 7) is 18.5. The summed E-state index contributed by atoms with van der Waals surface area (Å²) in [6.07, 6.45) is -1.46. The maximum Gasteiger partial charge on any atom is 0.514 e. The van der Waals surface area contributed by atoms with Crippen molar-refractivity contribution in [2.75, 3.05) is 0 Å². The standard InChI is InChI=1S/C33H39IO6/c1-19-15-24(16-20(2)28(19)37-30(35)39-32(5,6)7)27(23-11-13-26(34)14-12-23)25-17-21(3)29(22(4)18-25)38-31(36)40-33(8,9)10/h11-18,27H,1-10H3. The van der Waals surface area contributed by atoms with Gasteiger partial charge in [0.15, 0.2) is 0 Å². The van der Waals surface area contributed by atoms with Crippen LogP contribution in [0.5, 0.6) is 11.5 Å². The van der Waals surface area contributed by atoms with Crippen molar-refractivity contribution >= 4 is 34.9 Å². The van der Waals surface area contributed by atoms with Crippen LogP contribution in [0.15, 0.2) is 48.5 Å². The average Bonchev–Trinajstić information content (AvgIpc) is 2.78. The lowest BCUT2D eigenvalue weighted by atomic mass is 9.82. The third kappa shape index (κ3) is 8.46. The van der Waals surface area contributed by atoms with Gasteiger partial charge in [-0.05, 0) is 143 Å². The van der Waals surface area contributed by atoms with E-state index in [1.54, 1.807) is 41.5 Å². The van der Waals surface area contributed by atoms with Gasteiger partial charge in [0, 0.05) is 9.49 Å². The van der Waals surface area contributed by atoms with Gasteiger partial charge in [0.1, 0.15) is 22.7 Å². The quantitative estimate of drug-likeness (QED) is 0.118. The molecule has 0 atom stereocenters. The Kier molecular flexibility index (Phi) is 9.60. The highest BCUT2D eigenvalue weighted by atomic mass is 127. The first-order valence-corrected chi connectivity index (χ1v) is 14.3. The Hall–Kier alpha value is -3.07. The number of benzene rings is 3. The lowest BCUT2D eigenvalue weighted by Gasteiger charge is -2.24. The lowest BCUT2D eigenvalue weighted by Crippen LogP contribution is -2.26. The number of carbonyl (C=O) groups is 2. The minimum Gasteiger partial charge on any atom is -0.428 e. The van der Waals surface area contributed by atoms with Gasteiger partial charge in [0.05, 0.1) is 0 Å². The molecule has 7 heteroatoms. The molecule has 214 valence electrons. The van der Waals surface area contributed by atoms with Crippen molar-refractivity contribution in [1.82, 2.24) is 0 Å². The second-order valence-corrected chi connectivity index (χ2v) is 13.3. The molecule has 0 heterocycles. The van der Waals surface area contributed by atoms with Crippen molar-refractivity contribution in [3.05, 3.63) is 91.0 Å². The normalized spacial score (nSPS) is 11.8. The SMILES string of the molecule is Cc1cc(C(c2ccc(I)cc2)c2cc(C)c(OC(=O)OC(C)(C)C)c(C)c2)cc(C)c1OC(=O)OC(C)(C)C. The van der Waals surface area contributed by atoms with Gasteiger partial charge in [-0.25, -0.2) is 9.59 Å². The Morgan fingerprint density at radius 3 is 1.23 bits per heavy atom. The summed E-state index contributed by atoms with van der Waals surface area (Å²) in [5.74, 6) is 0.874. The van der Waals surface area contributed by atoms with E-state index in [1.165, 1.54) is 0 Å². The van der Waals surface area contributed by atoms with Crippen molar-refractivity contribution in [2.24, 2.45) is 0 Å². The fourth-order valence-electron chi connectivity index (χ4n) is 4.56. The number of ether oxygens (including phenoxy) is 4. The largest absolute Gasteiger partial charge is 0.514 e. The zero-order chi connectivity index (χ0) is 30.0. The van der Waals surface area contributed by atoms with E-state index in [9.17, 15) is 9.59 Å². The highest BCUT2D eigenvalue weighted by Crippen LogP contribution is 2.39. The van der Waals surface area contributed by atoms with Crippen LogP contribution in [-0.2, 0) is 9.47 Å². The van der Waals surface area contributed by atoms with Gasteiger partial charge in [-0.3, -0.25) is 0 Å². The van der Waals surface area contributed by atoms with E-state index in [2.05, 4.69) is 46.9 Å². The van der Waals surface area contributed by atoms with E-state index < -0.39 is 23.5 Å². The van der Waals surface area contributed by atoms with E-state index in [0.29, 0.717) is 11.5 Å². The molecule has 0 bridgehead atoms. The lowest BCUT2D eigenvalue weighted by molar-refractivity contribution is 0.0190. The predicted molar refractivity (Wildman–Crippen MR) is 166 cm³/mol. The van der Waals surface area contributed by atoms with Crippen LogP contribution < -0.4 is 9.47 Å². The van der Waals surface area contributed by atoms with E-state index in [0.717, 1.165) is 42.5 Å². The van der Waals surface area contributed by atoms with Crippen LogP contribution in [0.3, 0.4) is 0 Å². The third-order valence-corrected chi connectivity index (χ3v) is 6.70. The molecule has 0 saturated heterocycles. The van der Waals surface area contributed by atoms with Gasteiger partial charge in [-0.2, -0.15) is 0 Å². The van der Waals surface area contributed by atoms with Gasteiger partial charge in [0.2, 0.25) is 0 Å². The van der Waals surface area contributed by atoms with Crippen LogP contribution in [-0.4, -0.2) is 23.5 Å². The Morgan fingerprint density at radius 1 is 0.600 bits per heavy atom. The molecule has 0 aliphatic rings. The first-order chi connectivity index (χ1) is 18.4. The van der Waals surface area contributed by atoms with E-state index in [1.807, 2.05) is 52.0 Å². The molecule has 3 aromatic rings. The van der Waals surface area contributed by atoms with Gasteiger partial charge in [-0.1, -0.05) is 36.4 Å². The molecule has 0 unspecified atom stereocenters. The van der Waals surface area contributed by atoms with Crippen LogP contribution in [0, 0.1) is 31.3 Å². The van der Waals surface area contributed by atoms with Gasteiger partial charge < -0.3 is 18.9 Å². The van der Waals surface area contributed by atoms with Crippen LogP contribution in [0.2, 0.25) is 0 Å². The fraction of sp³-hybridized carbons (Fsp3) is 0.394. The Balaban J connectivity index is 2.06. The first kappa shape index (κ1) is 31.5. The Morgan fingerprint density at radius 2 is 0.925 bits per heavy atom. The molecule has 6 nitrogen and oxygen atoms in total. The second kappa shape index (κ2) is 12.2. The van der Waals surface area contributed by atoms with Crippen molar-refractivity contribution in [1.29, 1.82) is 0 Å². The average molecular weight is 659 g/mol. The number of rotatable bonds is 5. The van der Waals surface area contributed by atoms with Gasteiger partial charge in [0.25, 0.3) is 0 Å². The van der Waals surface area contributed by atoms with Gasteiger partial charge in [-0.15, -0.1) is 0 Å². The van der Waals surface area contributed by atoms with E-state index >= 15 is 0 Å². The topological polar surface area (TPSA) is 71.1 Å². The molecule has 0 N–H and O–H groups in total. The molecular weight excluding hydrogens is 619 g/mol. The molecule has 3 rings (SSSR count). The fourth-order valence-corrected chi connectivity index (χ4v) is 4.92. The molecule has 40 heavy (non-hydrogen) atoms. The Bertz CT molecular complexity index is 1260. The minimum absolute atomic E-state index is 0.113. The molecule has 3 aromatic carbocycles. The summed E-state index contributed by atoms with van der Waals surface area (Å²) in [7, 11) is 0. The second-order valence-electron chi connectivity index (χ2n) is 12.1. The number of carbonyl (C=O) groups excluding carboxylic acids is 2. The van der Waals surface area contributed by atoms with E-state index in [-0.39, 0.29) is 5.92 Å². The number of hydrogen-bond donors (Lipinski definition) is 0. The number of hydrogen-bond acceptors (Lipinski definition) is 6. The highest BCUT2D eigenvalue weighted by molar-refractivity contribution is 14.1. The van der Waals surface area contributed by atoms with Crippen molar-refractivity contribution < 1.29 is 28.5 Å². The van der Waals surface area contributed by atoms with Crippen LogP contribution >= 0.6 is 22.6 Å². The van der Waals surface area contributed by atoms with Gasteiger partial charge >= 0.3 is 12.3 Å². The summed E-state index contributed by atoms with van der Waals surface area (Å²) < 4.78 is 23.1. The molecule has 0 aromatic heterocycles. The van der Waals surface area contributed by atoms with Crippen LogP contribution in [0.25, 0.3) is 0 Å². The molecule has 0 amide bonds. The van der Waals surface area contributed by atoms with Crippen LogP contribution in [0.1, 0.15) is 86.4 Å². The predicted octanol–water partition coefficient (Wildman–Crippen LogP) is 9.33. The summed E-state index contributed by atoms with van der Waals surface area (Å²) in [5.41, 5.74) is 5.22. The maximum atomic E-state index is 12.4. The summed E-state index contributed by atoms with van der Waals surface area (Å²) in [5, 5.41) is 0. The summed E-state index contributed by atoms with van der Waals surface area (Å²) in [4.78, 5) is 24.8. The van der Waals surface area contributed by atoms with Crippen molar-refractivity contribution in [3.63, 3.8) is 0 Å². The number of halogens is 1. The zero-order valence-electron chi connectivity index (χ0n) is 25.0. The van der Waals surface area contributed by atoms with E-state index in [4.69, 9.17) is 18.9 Å². The smallest absolute Gasteiger partial charge is 0.428 e. The molecule has 0 saturated carbocycles. The Labute approximate surface area is 251 Å². The summed E-state index contributed by atoms with van der Waals surface area (Å²) >= 11 is 2.30. The number of aryl methyl sites for hydroxylation is 4. The molecule has 0 aliphatic carbocycles. The molecule has 0 aliphatic heterocycles. The van der Waals surface area contributed by atoms with Crippen molar-refractivity contribution in [2.45, 2.75) is 86.4 Å². The first-order valence-electron chi connectivity index (χ1n) is 13.2. The van der Waals surface area contributed by atoms with Crippen molar-refractivity contribution in [3.8, 4) is 11.5 Å². The van der Waals surface area contributed by atoms with Crippen LogP contribution in [0.4, 0.5) is 9.59 Å². The minimum atomic E-state index is -0.729. The molecule has 0 spiro atoms. The molecule has 0 radical (unpaired) electrons. The third-order valence-electron chi connectivity index (χ3n) is 5.99. The molecule has 0 fully saturated rings. The zero-order valence-corrected chi connectivity index (χ0v) is 27.2.